The van der Waals surface area contributed by atoms with E-state index in [1.807, 2.05) is 24.3 Å². The minimum atomic E-state index is -1.64. The fourth-order valence-electron chi connectivity index (χ4n) is 4.79. The molecule has 7 nitrogen and oxygen atoms in total. The zero-order valence-electron chi connectivity index (χ0n) is 19.8. The van der Waals surface area contributed by atoms with Gasteiger partial charge in [-0.25, -0.2) is 14.0 Å². The van der Waals surface area contributed by atoms with Crippen LogP contribution in [0.2, 0.25) is 0 Å². The highest BCUT2D eigenvalue weighted by atomic mass is 32.2. The van der Waals surface area contributed by atoms with Gasteiger partial charge in [-0.1, -0.05) is 30.3 Å². The standard InChI is InChI=1S/C27H30N4O3S/c1-31-16-13-21(14-17-31)34-25-18-20(12-15-28-25)24-11-10-19-6-5-9-23(19)26(24)29-27(32)30-35(33)22-7-3-2-4-8-22/h2-4,7-8,10-12,15,18,21H,5-6,9,13-14,16-17H2,1H3,(H2,29,30,32). The number of likely N-dealkylation sites (tertiary alicyclic amines) is 1. The third-order valence-electron chi connectivity index (χ3n) is 6.66. The predicted molar refractivity (Wildman–Crippen MR) is 138 cm³/mol. The molecule has 1 aliphatic carbocycles. The summed E-state index contributed by atoms with van der Waals surface area (Å²) >= 11 is 0. The molecule has 0 radical (unpaired) electrons. The zero-order chi connectivity index (χ0) is 24.2. The Morgan fingerprint density at radius 1 is 1.09 bits per heavy atom. The van der Waals surface area contributed by atoms with Crippen molar-refractivity contribution in [2.45, 2.75) is 43.1 Å². The number of nitrogens with one attached hydrogen (secondary N) is 2. The summed E-state index contributed by atoms with van der Waals surface area (Å²) in [6.45, 7) is 2.03. The molecular formula is C27H30N4O3S. The number of hydrogen-bond acceptors (Lipinski definition) is 5. The summed E-state index contributed by atoms with van der Waals surface area (Å²) in [5.41, 5.74) is 4.97. The van der Waals surface area contributed by atoms with Crippen LogP contribution in [0.3, 0.4) is 0 Å². The van der Waals surface area contributed by atoms with Crippen molar-refractivity contribution in [3.05, 3.63) is 71.9 Å². The Kier molecular flexibility index (Phi) is 7.11. The fraction of sp³-hybridized carbons (Fsp3) is 0.333. The molecular weight excluding hydrogens is 460 g/mol. The van der Waals surface area contributed by atoms with Crippen LogP contribution < -0.4 is 14.8 Å². The van der Waals surface area contributed by atoms with Gasteiger partial charge in [-0.3, -0.25) is 4.72 Å². The first kappa shape index (κ1) is 23.5. The first-order valence-corrected chi connectivity index (χ1v) is 13.2. The van der Waals surface area contributed by atoms with Crippen LogP contribution in [0.15, 0.2) is 65.7 Å². The van der Waals surface area contributed by atoms with Crippen molar-refractivity contribution in [3.63, 3.8) is 0 Å². The van der Waals surface area contributed by atoms with Crippen molar-refractivity contribution in [2.75, 3.05) is 25.5 Å². The second-order valence-electron chi connectivity index (χ2n) is 9.12. The number of benzene rings is 2. The minimum Gasteiger partial charge on any atom is -0.474 e. The van der Waals surface area contributed by atoms with E-state index in [9.17, 15) is 9.00 Å². The maximum Gasteiger partial charge on any atom is 0.331 e. The number of piperidine rings is 1. The number of urea groups is 1. The Bertz CT molecular complexity index is 1230. The molecule has 2 aliphatic rings. The second kappa shape index (κ2) is 10.6. The number of aromatic nitrogens is 1. The van der Waals surface area contributed by atoms with Crippen molar-refractivity contribution >= 4 is 22.7 Å². The first-order valence-electron chi connectivity index (χ1n) is 12.1. The van der Waals surface area contributed by atoms with Crippen molar-refractivity contribution < 1.29 is 13.7 Å². The van der Waals surface area contributed by atoms with Gasteiger partial charge in [0, 0.05) is 30.9 Å². The Morgan fingerprint density at radius 2 is 1.89 bits per heavy atom. The highest BCUT2D eigenvalue weighted by Gasteiger charge is 2.22. The summed E-state index contributed by atoms with van der Waals surface area (Å²) in [5.74, 6) is 0.595. The number of ether oxygens (including phenoxy) is 1. The van der Waals surface area contributed by atoms with Gasteiger partial charge in [0.25, 0.3) is 0 Å². The number of carbonyl (C=O) groups excluding carboxylic acids is 1. The van der Waals surface area contributed by atoms with Crippen LogP contribution in [0, 0.1) is 0 Å². The molecule has 8 heteroatoms. The molecule has 35 heavy (non-hydrogen) atoms. The van der Waals surface area contributed by atoms with Crippen molar-refractivity contribution in [1.29, 1.82) is 0 Å². The monoisotopic (exact) mass is 490 g/mol. The number of hydrogen-bond donors (Lipinski definition) is 2. The third kappa shape index (κ3) is 5.55. The average molecular weight is 491 g/mol. The van der Waals surface area contributed by atoms with E-state index in [1.165, 1.54) is 5.56 Å². The summed E-state index contributed by atoms with van der Waals surface area (Å²) in [6, 6.07) is 16.5. The van der Waals surface area contributed by atoms with Crippen LogP contribution in [-0.4, -0.2) is 46.4 Å². The molecule has 1 fully saturated rings. The summed E-state index contributed by atoms with van der Waals surface area (Å²) in [5, 5.41) is 3.01. The number of aryl methyl sites for hydroxylation is 1. The maximum absolute atomic E-state index is 12.9. The molecule has 2 N–H and O–H groups in total. The molecule has 0 saturated carbocycles. The number of amides is 2. The number of fused-ring (bicyclic) bond motifs is 1. The molecule has 1 atom stereocenters. The Balaban J connectivity index is 1.38. The normalized spacial score (nSPS) is 16.9. The maximum atomic E-state index is 12.9. The van der Waals surface area contributed by atoms with Crippen LogP contribution >= 0.6 is 0 Å². The number of anilines is 1. The molecule has 0 spiro atoms. The third-order valence-corrected chi connectivity index (χ3v) is 7.73. The average Bonchev–Trinajstić information content (AvgIpc) is 3.36. The largest absolute Gasteiger partial charge is 0.474 e. The first-order chi connectivity index (χ1) is 17.1. The molecule has 1 aromatic heterocycles. The summed E-state index contributed by atoms with van der Waals surface area (Å²) in [7, 11) is 0.485. The molecule has 3 aromatic rings. The molecule has 0 bridgehead atoms. The van der Waals surface area contributed by atoms with Crippen LogP contribution in [0.25, 0.3) is 11.1 Å². The lowest BCUT2D eigenvalue weighted by Gasteiger charge is -2.29. The van der Waals surface area contributed by atoms with Gasteiger partial charge in [-0.15, -0.1) is 0 Å². The lowest BCUT2D eigenvalue weighted by molar-refractivity contribution is 0.110. The molecule has 1 aliphatic heterocycles. The van der Waals surface area contributed by atoms with Gasteiger partial charge < -0.3 is 15.0 Å². The summed E-state index contributed by atoms with van der Waals surface area (Å²) in [6.07, 6.45) is 6.80. The molecule has 2 amide bonds. The van der Waals surface area contributed by atoms with Crippen LogP contribution in [0.5, 0.6) is 5.88 Å². The van der Waals surface area contributed by atoms with Gasteiger partial charge in [-0.05, 0) is 74.0 Å². The van der Waals surface area contributed by atoms with Crippen LogP contribution in [-0.2, 0) is 23.8 Å². The van der Waals surface area contributed by atoms with E-state index in [0.717, 1.165) is 67.6 Å². The lowest BCUT2D eigenvalue weighted by atomic mass is 9.98. The number of rotatable bonds is 6. The van der Waals surface area contributed by atoms with Crippen molar-refractivity contribution in [2.24, 2.45) is 0 Å². The highest BCUT2D eigenvalue weighted by molar-refractivity contribution is 7.83. The molecule has 182 valence electrons. The predicted octanol–water partition coefficient (Wildman–Crippen LogP) is 4.55. The van der Waals surface area contributed by atoms with Crippen LogP contribution in [0.1, 0.15) is 30.4 Å². The van der Waals surface area contributed by atoms with Gasteiger partial charge in [0.1, 0.15) is 6.10 Å². The van der Waals surface area contributed by atoms with E-state index >= 15 is 0 Å². The van der Waals surface area contributed by atoms with E-state index in [0.29, 0.717) is 10.8 Å². The van der Waals surface area contributed by atoms with Gasteiger partial charge in [0.2, 0.25) is 5.88 Å². The van der Waals surface area contributed by atoms with E-state index in [2.05, 4.69) is 33.0 Å². The van der Waals surface area contributed by atoms with Gasteiger partial charge in [0.05, 0.1) is 10.6 Å². The number of pyridine rings is 1. The Morgan fingerprint density at radius 3 is 2.69 bits per heavy atom. The fourth-order valence-corrected chi connectivity index (χ4v) is 5.53. The molecule has 2 heterocycles. The van der Waals surface area contributed by atoms with Crippen molar-refractivity contribution in [3.8, 4) is 17.0 Å². The van der Waals surface area contributed by atoms with E-state index < -0.39 is 17.0 Å². The van der Waals surface area contributed by atoms with E-state index in [4.69, 9.17) is 4.74 Å². The Labute approximate surface area is 208 Å². The number of nitrogens with zero attached hydrogens (tertiary/aromatic N) is 2. The zero-order valence-corrected chi connectivity index (χ0v) is 20.6. The molecule has 1 unspecified atom stereocenters. The van der Waals surface area contributed by atoms with Crippen LogP contribution in [0.4, 0.5) is 10.5 Å². The summed E-state index contributed by atoms with van der Waals surface area (Å²) < 4.78 is 21.4. The lowest BCUT2D eigenvalue weighted by Crippen LogP contribution is -2.35. The summed E-state index contributed by atoms with van der Waals surface area (Å²) in [4.78, 5) is 20.2. The molecule has 2 aromatic carbocycles. The second-order valence-corrected chi connectivity index (χ2v) is 10.3. The quantitative estimate of drug-likeness (QED) is 0.530. The van der Waals surface area contributed by atoms with Gasteiger partial charge >= 0.3 is 6.03 Å². The van der Waals surface area contributed by atoms with E-state index in [-0.39, 0.29) is 6.10 Å². The molecule has 5 rings (SSSR count). The minimum absolute atomic E-state index is 0.158. The van der Waals surface area contributed by atoms with Gasteiger partial charge in [0.15, 0.2) is 11.0 Å². The van der Waals surface area contributed by atoms with Crippen molar-refractivity contribution in [1.82, 2.24) is 14.6 Å². The Hall–Kier alpha value is -3.23. The topological polar surface area (TPSA) is 83.6 Å². The molecule has 1 saturated heterocycles. The number of carbonyl (C=O) groups is 1. The smallest absolute Gasteiger partial charge is 0.331 e. The van der Waals surface area contributed by atoms with Gasteiger partial charge in [-0.2, -0.15) is 0 Å². The SMILES string of the molecule is CN1CCC(Oc2cc(-c3ccc4c(c3NC(=O)NS(=O)c3ccccc3)CCC4)ccn2)CC1. The highest BCUT2D eigenvalue weighted by Crippen LogP contribution is 2.38. The van der Waals surface area contributed by atoms with E-state index in [1.54, 1.807) is 30.5 Å².